The lowest BCUT2D eigenvalue weighted by Gasteiger charge is -2.06. The highest BCUT2D eigenvalue weighted by Gasteiger charge is 2.29. The SMILES string of the molecule is N#CCS(=O)(=O)NCC(F)(F)F. The first kappa shape index (κ1) is 11.2. The highest BCUT2D eigenvalue weighted by molar-refractivity contribution is 7.89. The van der Waals surface area contributed by atoms with Crippen LogP contribution in [0.15, 0.2) is 0 Å². The molecule has 0 bridgehead atoms. The minimum absolute atomic E-state index is 0.969. The maximum Gasteiger partial charge on any atom is 0.402 e. The largest absolute Gasteiger partial charge is 0.402 e. The van der Waals surface area contributed by atoms with E-state index in [0.29, 0.717) is 0 Å². The predicted octanol–water partition coefficient (Wildman–Crippen LogP) is -0.00832. The third-order valence-electron chi connectivity index (χ3n) is 0.747. The number of nitrogens with one attached hydrogen (secondary N) is 1. The summed E-state index contributed by atoms with van der Waals surface area (Å²) >= 11 is 0. The molecule has 0 aliphatic carbocycles. The molecule has 0 aliphatic rings. The Morgan fingerprint density at radius 3 is 2.25 bits per heavy atom. The molecular formula is C4H5F3N2O2S. The van der Waals surface area contributed by atoms with E-state index in [9.17, 15) is 21.6 Å². The van der Waals surface area contributed by atoms with Crippen molar-refractivity contribution in [1.82, 2.24) is 4.72 Å². The molecule has 0 heterocycles. The Hall–Kier alpha value is -0.810. The second kappa shape index (κ2) is 3.73. The summed E-state index contributed by atoms with van der Waals surface area (Å²) in [7, 11) is -4.10. The average Bonchev–Trinajstić information content (AvgIpc) is 1.83. The second-order valence-electron chi connectivity index (χ2n) is 1.85. The van der Waals surface area contributed by atoms with E-state index in [2.05, 4.69) is 0 Å². The van der Waals surface area contributed by atoms with Gasteiger partial charge in [-0.2, -0.15) is 18.4 Å². The summed E-state index contributed by atoms with van der Waals surface area (Å²) in [6.07, 6.45) is -4.59. The number of nitriles is 1. The fourth-order valence-corrected chi connectivity index (χ4v) is 0.983. The Bertz CT molecular complexity index is 276. The molecule has 0 rings (SSSR count). The van der Waals surface area contributed by atoms with Gasteiger partial charge in [-0.3, -0.25) is 0 Å². The standard InChI is InChI=1S/C4H5F3N2O2S/c5-4(6,7)3-9-12(10,11)2-1-8/h9H,2-3H2. The summed E-state index contributed by atoms with van der Waals surface area (Å²) in [5, 5.41) is 7.88. The third kappa shape index (κ3) is 5.94. The van der Waals surface area contributed by atoms with Crippen LogP contribution in [0.2, 0.25) is 0 Å². The summed E-state index contributed by atoms with van der Waals surface area (Å²) in [6, 6.07) is 1.23. The Kier molecular flexibility index (Phi) is 3.48. The Morgan fingerprint density at radius 2 is 1.92 bits per heavy atom. The maximum atomic E-state index is 11.4. The predicted molar refractivity (Wildman–Crippen MR) is 33.5 cm³/mol. The molecule has 0 saturated heterocycles. The van der Waals surface area contributed by atoms with Gasteiger partial charge in [0.05, 0.1) is 6.07 Å². The number of hydrogen-bond acceptors (Lipinski definition) is 3. The van der Waals surface area contributed by atoms with Crippen LogP contribution in [-0.2, 0) is 10.0 Å². The van der Waals surface area contributed by atoms with Crippen molar-refractivity contribution in [3.05, 3.63) is 0 Å². The zero-order valence-corrected chi connectivity index (χ0v) is 6.54. The van der Waals surface area contributed by atoms with Gasteiger partial charge in [0.25, 0.3) is 0 Å². The Balaban J connectivity index is 4.05. The van der Waals surface area contributed by atoms with E-state index >= 15 is 0 Å². The van der Waals surface area contributed by atoms with Crippen LogP contribution in [0.5, 0.6) is 0 Å². The van der Waals surface area contributed by atoms with Crippen LogP contribution >= 0.6 is 0 Å². The Labute approximate surface area is 67.0 Å². The van der Waals surface area contributed by atoms with Gasteiger partial charge in [-0.05, 0) is 0 Å². The summed E-state index contributed by atoms with van der Waals surface area (Å²) in [5.41, 5.74) is 0. The van der Waals surface area contributed by atoms with E-state index in [1.807, 2.05) is 0 Å². The number of alkyl halides is 3. The Morgan fingerprint density at radius 1 is 1.42 bits per heavy atom. The van der Waals surface area contributed by atoms with E-state index in [0.717, 1.165) is 0 Å². The molecule has 4 nitrogen and oxygen atoms in total. The average molecular weight is 202 g/mol. The van der Waals surface area contributed by atoms with Crippen molar-refractivity contribution in [2.45, 2.75) is 6.18 Å². The molecule has 12 heavy (non-hydrogen) atoms. The van der Waals surface area contributed by atoms with Crippen LogP contribution in [0.4, 0.5) is 13.2 Å². The molecule has 0 amide bonds. The van der Waals surface area contributed by atoms with Gasteiger partial charge in [-0.1, -0.05) is 0 Å². The first-order chi connectivity index (χ1) is 5.27. The van der Waals surface area contributed by atoms with Gasteiger partial charge >= 0.3 is 6.18 Å². The van der Waals surface area contributed by atoms with Gasteiger partial charge in [0.1, 0.15) is 6.54 Å². The molecule has 0 aliphatic heterocycles. The molecule has 0 saturated carbocycles. The topological polar surface area (TPSA) is 70.0 Å². The van der Waals surface area contributed by atoms with Crippen molar-refractivity contribution in [2.75, 3.05) is 12.3 Å². The minimum atomic E-state index is -4.59. The van der Waals surface area contributed by atoms with E-state index < -0.39 is 28.5 Å². The third-order valence-corrected chi connectivity index (χ3v) is 1.84. The first-order valence-electron chi connectivity index (χ1n) is 2.68. The van der Waals surface area contributed by atoms with E-state index in [-0.39, 0.29) is 0 Å². The minimum Gasteiger partial charge on any atom is -0.211 e. The van der Waals surface area contributed by atoms with Gasteiger partial charge in [-0.15, -0.1) is 0 Å². The maximum absolute atomic E-state index is 11.4. The molecule has 0 fully saturated rings. The van der Waals surface area contributed by atoms with E-state index in [4.69, 9.17) is 5.26 Å². The zero-order valence-electron chi connectivity index (χ0n) is 5.72. The van der Waals surface area contributed by atoms with Crippen molar-refractivity contribution in [3.8, 4) is 6.07 Å². The molecule has 0 unspecified atom stereocenters. The molecule has 1 N–H and O–H groups in total. The second-order valence-corrected chi connectivity index (χ2v) is 3.66. The van der Waals surface area contributed by atoms with Crippen LogP contribution < -0.4 is 4.72 Å². The van der Waals surface area contributed by atoms with E-state index in [1.165, 1.54) is 10.8 Å². The number of rotatable bonds is 3. The van der Waals surface area contributed by atoms with Crippen molar-refractivity contribution in [2.24, 2.45) is 0 Å². The highest BCUT2D eigenvalue weighted by Crippen LogP contribution is 2.12. The number of hydrogen-bond donors (Lipinski definition) is 1. The van der Waals surface area contributed by atoms with Crippen LogP contribution in [0, 0.1) is 11.3 Å². The summed E-state index contributed by atoms with van der Waals surface area (Å²) < 4.78 is 56.4. The lowest BCUT2D eigenvalue weighted by molar-refractivity contribution is -0.121. The monoisotopic (exact) mass is 202 g/mol. The fraction of sp³-hybridized carbons (Fsp3) is 0.750. The van der Waals surface area contributed by atoms with E-state index in [1.54, 1.807) is 0 Å². The van der Waals surface area contributed by atoms with Gasteiger partial charge in [0.15, 0.2) is 5.75 Å². The molecule has 0 spiro atoms. The van der Waals surface area contributed by atoms with Gasteiger partial charge < -0.3 is 0 Å². The van der Waals surface area contributed by atoms with Crippen molar-refractivity contribution in [3.63, 3.8) is 0 Å². The van der Waals surface area contributed by atoms with Crippen molar-refractivity contribution in [1.29, 1.82) is 5.26 Å². The first-order valence-corrected chi connectivity index (χ1v) is 4.33. The molecule has 0 aromatic heterocycles. The van der Waals surface area contributed by atoms with Crippen molar-refractivity contribution >= 4 is 10.0 Å². The molecule has 0 atom stereocenters. The fourth-order valence-electron chi connectivity index (χ4n) is 0.328. The summed E-state index contributed by atoms with van der Waals surface area (Å²) in [4.78, 5) is 0. The van der Waals surface area contributed by atoms with Gasteiger partial charge in [0.2, 0.25) is 10.0 Å². The van der Waals surface area contributed by atoms with Gasteiger partial charge in [-0.25, -0.2) is 13.1 Å². The number of nitrogens with zero attached hydrogens (tertiary/aromatic N) is 1. The van der Waals surface area contributed by atoms with Crippen LogP contribution in [-0.4, -0.2) is 26.9 Å². The molecule has 0 radical (unpaired) electrons. The molecule has 70 valence electrons. The van der Waals surface area contributed by atoms with Gasteiger partial charge in [0, 0.05) is 0 Å². The summed E-state index contributed by atoms with van der Waals surface area (Å²) in [5.74, 6) is -0.969. The van der Waals surface area contributed by atoms with Crippen LogP contribution in [0.1, 0.15) is 0 Å². The molecule has 0 aromatic carbocycles. The zero-order chi connectivity index (χ0) is 9.83. The quantitative estimate of drug-likeness (QED) is 0.699. The smallest absolute Gasteiger partial charge is 0.211 e. The highest BCUT2D eigenvalue weighted by atomic mass is 32.2. The number of halogens is 3. The number of sulfonamides is 1. The van der Waals surface area contributed by atoms with Crippen molar-refractivity contribution < 1.29 is 21.6 Å². The molecule has 0 aromatic rings. The molecular weight excluding hydrogens is 197 g/mol. The summed E-state index contributed by atoms with van der Waals surface area (Å²) in [6.45, 7) is -1.64. The normalized spacial score (nSPS) is 12.5. The van der Waals surface area contributed by atoms with Crippen LogP contribution in [0.25, 0.3) is 0 Å². The van der Waals surface area contributed by atoms with Crippen LogP contribution in [0.3, 0.4) is 0 Å². The lowest BCUT2D eigenvalue weighted by Crippen LogP contribution is -2.34. The molecule has 8 heteroatoms. The lowest BCUT2D eigenvalue weighted by atomic mass is 10.7.